The molecule has 0 saturated carbocycles. The number of nitrogens with one attached hydrogen (secondary N) is 1. The van der Waals surface area contributed by atoms with Gasteiger partial charge in [-0.25, -0.2) is 0 Å². The maximum atomic E-state index is 11.5. The molecule has 2 unspecified atom stereocenters. The predicted octanol–water partition coefficient (Wildman–Crippen LogP) is 1.07. The molecule has 2 fully saturated rings. The molecule has 4 nitrogen and oxygen atoms in total. The lowest BCUT2D eigenvalue weighted by Gasteiger charge is -2.43. The molecule has 0 spiro atoms. The third-order valence-corrected chi connectivity index (χ3v) is 4.28. The van der Waals surface area contributed by atoms with Crippen molar-refractivity contribution in [2.75, 3.05) is 13.6 Å². The van der Waals surface area contributed by atoms with Crippen molar-refractivity contribution in [1.82, 2.24) is 10.2 Å². The van der Waals surface area contributed by atoms with Gasteiger partial charge in [0.25, 0.3) is 0 Å². The van der Waals surface area contributed by atoms with E-state index >= 15 is 0 Å². The van der Waals surface area contributed by atoms with E-state index < -0.39 is 11.5 Å². The van der Waals surface area contributed by atoms with Crippen LogP contribution in [0.2, 0.25) is 0 Å². The van der Waals surface area contributed by atoms with Crippen LogP contribution >= 0.6 is 0 Å². The van der Waals surface area contributed by atoms with Crippen molar-refractivity contribution in [1.29, 1.82) is 0 Å². The number of fused-ring (bicyclic) bond motifs is 2. The minimum absolute atomic E-state index is 0.458. The zero-order chi connectivity index (χ0) is 11.8. The van der Waals surface area contributed by atoms with Crippen molar-refractivity contribution in [2.24, 2.45) is 0 Å². The van der Waals surface area contributed by atoms with Gasteiger partial charge in [-0.2, -0.15) is 0 Å². The monoisotopic (exact) mass is 226 g/mol. The summed E-state index contributed by atoms with van der Waals surface area (Å²) in [6.45, 7) is 2.88. The number of carboxylic acids is 1. The number of rotatable bonds is 4. The van der Waals surface area contributed by atoms with E-state index in [2.05, 4.69) is 24.2 Å². The summed E-state index contributed by atoms with van der Waals surface area (Å²) in [6.07, 6.45) is 4.82. The number of aliphatic carboxylic acids is 1. The first-order chi connectivity index (χ1) is 7.59. The molecular formula is C12H22N2O2. The van der Waals surface area contributed by atoms with Crippen LogP contribution in [0.5, 0.6) is 0 Å². The van der Waals surface area contributed by atoms with Crippen LogP contribution in [-0.2, 0) is 4.79 Å². The van der Waals surface area contributed by atoms with Crippen LogP contribution in [0, 0.1) is 0 Å². The second kappa shape index (κ2) is 4.34. The van der Waals surface area contributed by atoms with Crippen LogP contribution in [-0.4, -0.2) is 47.2 Å². The topological polar surface area (TPSA) is 52.6 Å². The van der Waals surface area contributed by atoms with Crippen LogP contribution in [0.4, 0.5) is 0 Å². The second-order valence-electron chi connectivity index (χ2n) is 5.27. The van der Waals surface area contributed by atoms with E-state index in [9.17, 15) is 9.90 Å². The number of hydrogen-bond donors (Lipinski definition) is 2. The van der Waals surface area contributed by atoms with Crippen LogP contribution in [0.15, 0.2) is 0 Å². The van der Waals surface area contributed by atoms with Gasteiger partial charge >= 0.3 is 5.97 Å². The van der Waals surface area contributed by atoms with Gasteiger partial charge in [-0.05, 0) is 45.7 Å². The number of piperidine rings is 1. The third kappa shape index (κ3) is 1.84. The zero-order valence-corrected chi connectivity index (χ0v) is 10.2. The Hall–Kier alpha value is -0.610. The zero-order valence-electron chi connectivity index (χ0n) is 10.2. The summed E-state index contributed by atoms with van der Waals surface area (Å²) in [5.74, 6) is -0.661. The van der Waals surface area contributed by atoms with Gasteiger partial charge < -0.3 is 15.3 Å². The fourth-order valence-corrected chi connectivity index (χ4v) is 3.23. The highest BCUT2D eigenvalue weighted by molar-refractivity contribution is 5.79. The third-order valence-electron chi connectivity index (χ3n) is 4.28. The summed E-state index contributed by atoms with van der Waals surface area (Å²) < 4.78 is 0. The van der Waals surface area contributed by atoms with Crippen LogP contribution in [0.1, 0.15) is 39.0 Å². The number of carboxylic acid groups (broad SMARTS) is 1. The standard InChI is InChI=1S/C12H22N2O2/c1-3-6-13-12(11(15)16)7-9-4-5-10(8-12)14(9)2/h9-10,13H,3-8H2,1-2H3,(H,15,16). The van der Waals surface area contributed by atoms with Crippen molar-refractivity contribution < 1.29 is 9.90 Å². The average Bonchev–Trinajstić information content (AvgIpc) is 2.52. The first kappa shape index (κ1) is 11.9. The van der Waals surface area contributed by atoms with Gasteiger partial charge in [-0.3, -0.25) is 4.79 Å². The molecule has 16 heavy (non-hydrogen) atoms. The molecule has 0 aliphatic carbocycles. The van der Waals surface area contributed by atoms with Crippen molar-refractivity contribution in [3.63, 3.8) is 0 Å². The maximum absolute atomic E-state index is 11.5. The molecule has 2 bridgehead atoms. The Bertz CT molecular complexity index is 266. The summed E-state index contributed by atoms with van der Waals surface area (Å²) in [4.78, 5) is 13.9. The number of carbonyl (C=O) groups is 1. The molecule has 2 N–H and O–H groups in total. The average molecular weight is 226 g/mol. The molecule has 4 heteroatoms. The van der Waals surface area contributed by atoms with E-state index in [0.717, 1.165) is 38.6 Å². The Kier molecular flexibility index (Phi) is 3.22. The molecule has 2 aliphatic rings. The molecule has 2 aliphatic heterocycles. The van der Waals surface area contributed by atoms with Crippen molar-refractivity contribution in [2.45, 2.75) is 56.7 Å². The van der Waals surface area contributed by atoms with E-state index in [0.29, 0.717) is 12.1 Å². The van der Waals surface area contributed by atoms with E-state index in [1.807, 2.05) is 0 Å². The molecule has 0 aromatic carbocycles. The molecule has 2 saturated heterocycles. The number of nitrogens with zero attached hydrogens (tertiary/aromatic N) is 1. The van der Waals surface area contributed by atoms with Gasteiger partial charge in [-0.15, -0.1) is 0 Å². The number of hydrogen-bond acceptors (Lipinski definition) is 3. The molecule has 92 valence electrons. The van der Waals surface area contributed by atoms with E-state index in [1.165, 1.54) is 0 Å². The van der Waals surface area contributed by atoms with Gasteiger partial charge in [0, 0.05) is 12.1 Å². The quantitative estimate of drug-likeness (QED) is 0.753. The molecule has 0 aromatic rings. The fourth-order valence-electron chi connectivity index (χ4n) is 3.23. The van der Waals surface area contributed by atoms with Gasteiger partial charge in [0.2, 0.25) is 0 Å². The van der Waals surface area contributed by atoms with E-state index in [1.54, 1.807) is 0 Å². The highest BCUT2D eigenvalue weighted by Crippen LogP contribution is 2.39. The van der Waals surface area contributed by atoms with Gasteiger partial charge in [0.15, 0.2) is 0 Å². The van der Waals surface area contributed by atoms with Crippen molar-refractivity contribution in [3.8, 4) is 0 Å². The van der Waals surface area contributed by atoms with Gasteiger partial charge in [0.05, 0.1) is 0 Å². The summed E-state index contributed by atoms with van der Waals surface area (Å²) in [5, 5.41) is 12.8. The van der Waals surface area contributed by atoms with Crippen LogP contribution in [0.25, 0.3) is 0 Å². The first-order valence-corrected chi connectivity index (χ1v) is 6.29. The normalized spacial score (nSPS) is 38.9. The molecular weight excluding hydrogens is 204 g/mol. The van der Waals surface area contributed by atoms with Crippen LogP contribution in [0.3, 0.4) is 0 Å². The largest absolute Gasteiger partial charge is 0.480 e. The summed E-state index contributed by atoms with van der Waals surface area (Å²) in [5.41, 5.74) is -0.658. The maximum Gasteiger partial charge on any atom is 0.324 e. The highest BCUT2D eigenvalue weighted by atomic mass is 16.4. The lowest BCUT2D eigenvalue weighted by atomic mass is 9.83. The summed E-state index contributed by atoms with van der Waals surface area (Å²) in [6, 6.07) is 0.915. The van der Waals surface area contributed by atoms with Gasteiger partial charge in [0.1, 0.15) is 5.54 Å². The molecule has 2 rings (SSSR count). The minimum atomic E-state index is -0.661. The lowest BCUT2D eigenvalue weighted by Crippen LogP contribution is -2.61. The SMILES string of the molecule is CCCNC1(C(=O)O)CC2CCC(C1)N2C. The molecule has 0 aromatic heterocycles. The first-order valence-electron chi connectivity index (χ1n) is 6.29. The highest BCUT2D eigenvalue weighted by Gasteiger charge is 2.50. The Balaban J connectivity index is 2.13. The predicted molar refractivity (Wildman–Crippen MR) is 62.5 cm³/mol. The molecule has 0 amide bonds. The van der Waals surface area contributed by atoms with E-state index in [-0.39, 0.29) is 0 Å². The summed E-state index contributed by atoms with van der Waals surface area (Å²) >= 11 is 0. The summed E-state index contributed by atoms with van der Waals surface area (Å²) in [7, 11) is 2.13. The van der Waals surface area contributed by atoms with Crippen molar-refractivity contribution in [3.05, 3.63) is 0 Å². The Labute approximate surface area is 97.0 Å². The minimum Gasteiger partial charge on any atom is -0.480 e. The Morgan fingerprint density at radius 1 is 1.44 bits per heavy atom. The van der Waals surface area contributed by atoms with Crippen molar-refractivity contribution >= 4 is 5.97 Å². The lowest BCUT2D eigenvalue weighted by molar-refractivity contribution is -0.148. The molecule has 0 radical (unpaired) electrons. The Morgan fingerprint density at radius 3 is 2.44 bits per heavy atom. The van der Waals surface area contributed by atoms with Crippen LogP contribution < -0.4 is 5.32 Å². The molecule has 2 heterocycles. The van der Waals surface area contributed by atoms with Gasteiger partial charge in [-0.1, -0.05) is 6.92 Å². The Morgan fingerprint density at radius 2 is 2.00 bits per heavy atom. The smallest absolute Gasteiger partial charge is 0.324 e. The van der Waals surface area contributed by atoms with E-state index in [4.69, 9.17) is 0 Å². The fraction of sp³-hybridized carbons (Fsp3) is 0.917. The molecule has 2 atom stereocenters. The second-order valence-corrected chi connectivity index (χ2v) is 5.27.